The predicted molar refractivity (Wildman–Crippen MR) is 128 cm³/mol. The Hall–Kier alpha value is -2.18. The van der Waals surface area contributed by atoms with Gasteiger partial charge in [0.25, 0.3) is 5.91 Å². The van der Waals surface area contributed by atoms with Crippen LogP contribution in [0.3, 0.4) is 0 Å². The maximum Gasteiger partial charge on any atom is 0.274 e. The van der Waals surface area contributed by atoms with Gasteiger partial charge in [-0.3, -0.25) is 14.8 Å². The molecule has 6 heteroatoms. The van der Waals surface area contributed by atoms with Crippen molar-refractivity contribution in [3.63, 3.8) is 0 Å². The van der Waals surface area contributed by atoms with E-state index in [9.17, 15) is 4.79 Å². The van der Waals surface area contributed by atoms with Crippen molar-refractivity contribution in [2.24, 2.45) is 4.99 Å². The fourth-order valence-electron chi connectivity index (χ4n) is 3.30. The molecule has 1 amide bonds. The molecule has 1 unspecified atom stereocenters. The van der Waals surface area contributed by atoms with Crippen molar-refractivity contribution in [3.05, 3.63) is 59.4 Å². The Labute approximate surface area is 184 Å². The minimum Gasteiger partial charge on any atom is -0.385 e. The van der Waals surface area contributed by atoms with Crippen LogP contribution in [-0.2, 0) is 16.7 Å². The number of ether oxygens (including phenoxy) is 1. The molecule has 1 aromatic carbocycles. The van der Waals surface area contributed by atoms with Crippen molar-refractivity contribution in [2.45, 2.75) is 52.5 Å². The summed E-state index contributed by atoms with van der Waals surface area (Å²) in [6, 6.07) is 11.7. The summed E-state index contributed by atoms with van der Waals surface area (Å²) < 4.78 is 5.06. The van der Waals surface area contributed by atoms with E-state index in [2.05, 4.69) is 30.2 Å². The molecule has 1 N–H and O–H groups in total. The van der Waals surface area contributed by atoms with Gasteiger partial charge in [-0.05, 0) is 62.4 Å². The maximum atomic E-state index is 12.6. The molecular formula is C24H33N3O2S. The van der Waals surface area contributed by atoms with E-state index in [-0.39, 0.29) is 11.4 Å². The largest absolute Gasteiger partial charge is 0.385 e. The Morgan fingerprint density at radius 1 is 1.27 bits per heavy atom. The second kappa shape index (κ2) is 11.9. The van der Waals surface area contributed by atoms with E-state index in [0.29, 0.717) is 5.69 Å². The Morgan fingerprint density at radius 2 is 2.07 bits per heavy atom. The molecule has 1 atom stereocenters. The molecular weight excluding hydrogens is 394 g/mol. The molecule has 2 aromatic rings. The molecule has 1 aromatic heterocycles. The van der Waals surface area contributed by atoms with Gasteiger partial charge in [0.05, 0.1) is 10.6 Å². The average molecular weight is 428 g/mol. The van der Waals surface area contributed by atoms with Crippen LogP contribution in [0.4, 0.5) is 5.69 Å². The third-order valence-corrected chi connectivity index (χ3v) is 5.83. The van der Waals surface area contributed by atoms with Gasteiger partial charge in [0.1, 0.15) is 5.69 Å². The maximum absolute atomic E-state index is 12.6. The van der Waals surface area contributed by atoms with Gasteiger partial charge in [-0.15, -0.1) is 11.8 Å². The van der Waals surface area contributed by atoms with Gasteiger partial charge in [-0.25, -0.2) is 0 Å². The number of anilines is 1. The summed E-state index contributed by atoms with van der Waals surface area (Å²) in [5.41, 5.74) is 3.16. The normalized spacial score (nSPS) is 18.1. The molecule has 0 fully saturated rings. The number of thioether (sulfide) groups is 1. The smallest absolute Gasteiger partial charge is 0.274 e. The van der Waals surface area contributed by atoms with Crippen LogP contribution in [0, 0.1) is 0 Å². The third-order valence-electron chi connectivity index (χ3n) is 4.92. The van der Waals surface area contributed by atoms with E-state index in [1.807, 2.05) is 38.1 Å². The summed E-state index contributed by atoms with van der Waals surface area (Å²) in [6.45, 7) is 8.93. The second-order valence-corrected chi connectivity index (χ2v) is 8.47. The molecule has 5 nitrogen and oxygen atoms in total. The standard InChI is InChI=1S/C22H27N3O2S.C2H6/c1-16-25-22(2,11-13-28-16)18-7-4-8-19(14-18)24-21(26)20-10-9-17(15-23-20)6-5-12-27-3;1-2/h4,7-10,14-15H,5-6,11-13H2,1-3H3,(H,24,26);1-2H3. The first-order chi connectivity index (χ1) is 14.5. The molecule has 1 aliphatic rings. The zero-order valence-electron chi connectivity index (χ0n) is 18.7. The summed E-state index contributed by atoms with van der Waals surface area (Å²) >= 11 is 1.80. The summed E-state index contributed by atoms with van der Waals surface area (Å²) in [5.74, 6) is 0.855. The fraction of sp³-hybridized carbons (Fsp3) is 0.458. The molecule has 0 saturated carbocycles. The minimum absolute atomic E-state index is 0.204. The van der Waals surface area contributed by atoms with E-state index >= 15 is 0 Å². The second-order valence-electron chi connectivity index (χ2n) is 7.19. The fourth-order valence-corrected chi connectivity index (χ4v) is 4.36. The van der Waals surface area contributed by atoms with Crippen molar-refractivity contribution in [1.29, 1.82) is 0 Å². The quantitative estimate of drug-likeness (QED) is 0.575. The Kier molecular flexibility index (Phi) is 9.53. The van der Waals surface area contributed by atoms with Crippen LogP contribution in [0.25, 0.3) is 0 Å². The van der Waals surface area contributed by atoms with Crippen LogP contribution < -0.4 is 5.32 Å². The highest BCUT2D eigenvalue weighted by Gasteiger charge is 2.29. The highest BCUT2D eigenvalue weighted by Crippen LogP contribution is 2.36. The van der Waals surface area contributed by atoms with E-state index in [4.69, 9.17) is 9.73 Å². The Morgan fingerprint density at radius 3 is 2.73 bits per heavy atom. The average Bonchev–Trinajstić information content (AvgIpc) is 2.76. The lowest BCUT2D eigenvalue weighted by molar-refractivity contribution is 0.102. The number of aryl methyl sites for hydroxylation is 1. The molecule has 3 rings (SSSR count). The van der Waals surface area contributed by atoms with Gasteiger partial charge in [0.2, 0.25) is 0 Å². The van der Waals surface area contributed by atoms with Crippen LogP contribution in [0.1, 0.15) is 62.2 Å². The number of nitrogens with one attached hydrogen (secondary N) is 1. The number of carbonyl (C=O) groups is 1. The zero-order valence-corrected chi connectivity index (χ0v) is 19.5. The van der Waals surface area contributed by atoms with Crippen molar-refractivity contribution in [3.8, 4) is 0 Å². The monoisotopic (exact) mass is 427 g/mol. The summed E-state index contributed by atoms with van der Waals surface area (Å²) in [4.78, 5) is 21.7. The molecule has 2 heterocycles. The van der Waals surface area contributed by atoms with Gasteiger partial charge in [0, 0.05) is 31.4 Å². The summed E-state index contributed by atoms with van der Waals surface area (Å²) in [6.07, 6.45) is 4.58. The molecule has 0 bridgehead atoms. The molecule has 162 valence electrons. The summed E-state index contributed by atoms with van der Waals surface area (Å²) in [5, 5.41) is 4.07. The van der Waals surface area contributed by atoms with Crippen LogP contribution in [0.2, 0.25) is 0 Å². The molecule has 0 radical (unpaired) electrons. The van der Waals surface area contributed by atoms with Crippen molar-refractivity contribution >= 4 is 28.4 Å². The Bertz CT molecular complexity index is 852. The molecule has 0 saturated heterocycles. The Balaban J connectivity index is 0.00000155. The number of carbonyl (C=O) groups excluding carboxylic acids is 1. The lowest BCUT2D eigenvalue weighted by atomic mass is 9.89. The van der Waals surface area contributed by atoms with Crippen LogP contribution >= 0.6 is 11.8 Å². The minimum atomic E-state index is -0.238. The van der Waals surface area contributed by atoms with Gasteiger partial charge < -0.3 is 10.1 Å². The van der Waals surface area contributed by atoms with Crippen molar-refractivity contribution < 1.29 is 9.53 Å². The lowest BCUT2D eigenvalue weighted by Gasteiger charge is -2.30. The van der Waals surface area contributed by atoms with Crippen LogP contribution in [0.15, 0.2) is 47.6 Å². The molecule has 0 aliphatic carbocycles. The number of hydrogen-bond acceptors (Lipinski definition) is 5. The van der Waals surface area contributed by atoms with E-state index in [1.165, 1.54) is 0 Å². The van der Waals surface area contributed by atoms with E-state index in [0.717, 1.165) is 53.5 Å². The number of methoxy groups -OCH3 is 1. The molecule has 0 spiro atoms. The highest BCUT2D eigenvalue weighted by atomic mass is 32.2. The number of nitrogens with zero attached hydrogens (tertiary/aromatic N) is 2. The number of aliphatic imine (C=N–C) groups is 1. The van der Waals surface area contributed by atoms with Gasteiger partial charge in [0.15, 0.2) is 0 Å². The first-order valence-corrected chi connectivity index (χ1v) is 11.5. The number of rotatable bonds is 7. The molecule has 1 aliphatic heterocycles. The topological polar surface area (TPSA) is 63.6 Å². The van der Waals surface area contributed by atoms with Crippen molar-refractivity contribution in [2.75, 3.05) is 24.8 Å². The SMILES string of the molecule is CC.COCCCc1ccc(C(=O)Nc2cccc(C3(C)CCSC(C)=N3)c2)nc1. The van der Waals surface area contributed by atoms with Crippen LogP contribution in [-0.4, -0.2) is 35.4 Å². The van der Waals surface area contributed by atoms with E-state index in [1.54, 1.807) is 31.1 Å². The van der Waals surface area contributed by atoms with Gasteiger partial charge >= 0.3 is 0 Å². The van der Waals surface area contributed by atoms with Gasteiger partial charge in [-0.1, -0.05) is 32.0 Å². The zero-order chi connectivity index (χ0) is 22.0. The van der Waals surface area contributed by atoms with Gasteiger partial charge in [-0.2, -0.15) is 0 Å². The first kappa shape index (κ1) is 24.1. The number of aromatic nitrogens is 1. The summed E-state index contributed by atoms with van der Waals surface area (Å²) in [7, 11) is 1.70. The van der Waals surface area contributed by atoms with E-state index < -0.39 is 0 Å². The van der Waals surface area contributed by atoms with Crippen LogP contribution in [0.5, 0.6) is 0 Å². The number of pyridine rings is 1. The first-order valence-electron chi connectivity index (χ1n) is 10.6. The number of amides is 1. The lowest BCUT2D eigenvalue weighted by Crippen LogP contribution is -2.25. The highest BCUT2D eigenvalue weighted by molar-refractivity contribution is 8.13. The molecule has 30 heavy (non-hydrogen) atoms. The number of benzene rings is 1. The number of hydrogen-bond donors (Lipinski definition) is 1. The predicted octanol–water partition coefficient (Wildman–Crippen LogP) is 5.71. The van der Waals surface area contributed by atoms with Crippen molar-refractivity contribution in [1.82, 2.24) is 4.98 Å². The third kappa shape index (κ3) is 6.67.